The highest BCUT2D eigenvalue weighted by molar-refractivity contribution is 7.92. The zero-order valence-electron chi connectivity index (χ0n) is 16.3. The highest BCUT2D eigenvalue weighted by atomic mass is 32.2. The largest absolute Gasteiger partial charge is 0.616 e. The van der Waals surface area contributed by atoms with Crippen molar-refractivity contribution >= 4 is 17.1 Å². The second-order valence-corrected chi connectivity index (χ2v) is 9.00. The first-order valence-corrected chi connectivity index (χ1v) is 11.1. The summed E-state index contributed by atoms with van der Waals surface area (Å²) in [7, 11) is 0. The van der Waals surface area contributed by atoms with Crippen molar-refractivity contribution in [2.45, 2.75) is 52.2 Å². The van der Waals surface area contributed by atoms with Crippen LogP contribution in [-0.2, 0) is 27.3 Å². The number of aromatic nitrogens is 1. The highest BCUT2D eigenvalue weighted by Crippen LogP contribution is 2.29. The monoisotopic (exact) mass is 405 g/mol. The van der Waals surface area contributed by atoms with Crippen LogP contribution in [0.5, 0.6) is 0 Å². The molecule has 6 nitrogen and oxygen atoms in total. The molecule has 3 atom stereocenters. The molecule has 2 aromatic rings. The molecular formula is C21H27NO5S. The van der Waals surface area contributed by atoms with E-state index in [1.54, 1.807) is 0 Å². The van der Waals surface area contributed by atoms with Gasteiger partial charge in [0.25, 0.3) is 0 Å². The Balaban J connectivity index is 1.53. The molecule has 7 heteroatoms. The van der Waals surface area contributed by atoms with Gasteiger partial charge >= 0.3 is 5.97 Å². The molecule has 1 heterocycles. The number of aryl methyl sites for hydroxylation is 2. The van der Waals surface area contributed by atoms with Gasteiger partial charge in [0.15, 0.2) is 0 Å². The van der Waals surface area contributed by atoms with E-state index in [0.29, 0.717) is 18.3 Å². The first-order chi connectivity index (χ1) is 13.4. The standard InChI is InChI=1S/C21H27NO5S/c1-14-6-8-17(9-7-14)21-22-19(15(2)27-21)11-26-18-5-3-4-16(10-18)12-28(25)13-20(23)24/h6-9,16,18H,3-5,10-13H2,1-2H3,(H,23,24). The normalized spacial score (nSPS) is 20.8. The lowest BCUT2D eigenvalue weighted by molar-refractivity contribution is -0.134. The van der Waals surface area contributed by atoms with Crippen molar-refractivity contribution < 1.29 is 23.6 Å². The lowest BCUT2D eigenvalue weighted by Crippen LogP contribution is -2.30. The predicted molar refractivity (Wildman–Crippen MR) is 107 cm³/mol. The van der Waals surface area contributed by atoms with Gasteiger partial charge in [-0.1, -0.05) is 24.1 Å². The molecule has 1 N–H and O–H groups in total. The third-order valence-electron chi connectivity index (χ3n) is 5.09. The fourth-order valence-electron chi connectivity index (χ4n) is 3.58. The number of carboxylic acid groups (broad SMARTS) is 1. The predicted octanol–water partition coefficient (Wildman–Crippen LogP) is 3.87. The number of hydrogen-bond donors (Lipinski definition) is 1. The number of hydrogen-bond acceptors (Lipinski definition) is 5. The summed E-state index contributed by atoms with van der Waals surface area (Å²) in [5, 5.41) is 8.77. The molecule has 3 rings (SSSR count). The summed E-state index contributed by atoms with van der Waals surface area (Å²) in [5.74, 6) is 0.759. The summed E-state index contributed by atoms with van der Waals surface area (Å²) in [4.78, 5) is 15.3. The lowest BCUT2D eigenvalue weighted by atomic mass is 9.88. The van der Waals surface area contributed by atoms with Crippen LogP contribution in [0, 0.1) is 19.8 Å². The minimum absolute atomic E-state index is 0.0829. The van der Waals surface area contributed by atoms with E-state index in [0.717, 1.165) is 42.7 Å². The molecule has 1 aliphatic rings. The van der Waals surface area contributed by atoms with E-state index < -0.39 is 17.1 Å². The van der Waals surface area contributed by atoms with Gasteiger partial charge in [-0.25, -0.2) is 9.78 Å². The molecule has 1 fully saturated rings. The van der Waals surface area contributed by atoms with E-state index in [9.17, 15) is 9.35 Å². The molecule has 152 valence electrons. The van der Waals surface area contributed by atoms with E-state index in [-0.39, 0.29) is 17.8 Å². The van der Waals surface area contributed by atoms with E-state index >= 15 is 0 Å². The number of rotatable bonds is 8. The molecule has 0 saturated heterocycles. The summed E-state index contributed by atoms with van der Waals surface area (Å²) in [6.07, 6.45) is 3.84. The number of carboxylic acids is 1. The summed E-state index contributed by atoms with van der Waals surface area (Å²) in [6.45, 7) is 4.32. The third-order valence-corrected chi connectivity index (χ3v) is 6.50. The molecule has 3 unspecified atom stereocenters. The minimum Gasteiger partial charge on any atom is -0.616 e. The molecule has 0 aliphatic heterocycles. The molecule has 0 amide bonds. The Bertz CT molecular complexity index is 789. The average Bonchev–Trinajstić information content (AvgIpc) is 3.01. The minimum atomic E-state index is -1.31. The van der Waals surface area contributed by atoms with Gasteiger partial charge in [0.05, 0.1) is 12.7 Å². The van der Waals surface area contributed by atoms with Crippen molar-refractivity contribution in [1.82, 2.24) is 4.98 Å². The van der Waals surface area contributed by atoms with E-state index in [2.05, 4.69) is 4.98 Å². The maximum atomic E-state index is 11.9. The van der Waals surface area contributed by atoms with Crippen LogP contribution < -0.4 is 0 Å². The molecule has 28 heavy (non-hydrogen) atoms. The van der Waals surface area contributed by atoms with Crippen molar-refractivity contribution in [3.63, 3.8) is 0 Å². The van der Waals surface area contributed by atoms with E-state index in [1.807, 2.05) is 38.1 Å². The van der Waals surface area contributed by atoms with E-state index in [4.69, 9.17) is 14.3 Å². The van der Waals surface area contributed by atoms with Crippen molar-refractivity contribution in [3.05, 3.63) is 41.3 Å². The van der Waals surface area contributed by atoms with Gasteiger partial charge in [0, 0.05) is 11.5 Å². The van der Waals surface area contributed by atoms with E-state index in [1.165, 1.54) is 5.56 Å². The van der Waals surface area contributed by atoms with Crippen LogP contribution in [0.2, 0.25) is 0 Å². The number of carbonyl (C=O) groups is 1. The van der Waals surface area contributed by atoms with Crippen LogP contribution in [0.1, 0.15) is 42.7 Å². The number of nitrogens with zero attached hydrogens (tertiary/aromatic N) is 1. The number of oxazole rings is 1. The van der Waals surface area contributed by atoms with Gasteiger partial charge in [-0.05, 0) is 56.4 Å². The Morgan fingerprint density at radius 3 is 2.79 bits per heavy atom. The first kappa shape index (κ1) is 20.9. The van der Waals surface area contributed by atoms with Gasteiger partial charge in [-0.15, -0.1) is 0 Å². The summed E-state index contributed by atoms with van der Waals surface area (Å²) in [6, 6.07) is 8.05. The summed E-state index contributed by atoms with van der Waals surface area (Å²) < 4.78 is 23.8. The quantitative estimate of drug-likeness (QED) is 0.670. The number of benzene rings is 1. The Morgan fingerprint density at radius 1 is 1.32 bits per heavy atom. The average molecular weight is 406 g/mol. The zero-order valence-corrected chi connectivity index (χ0v) is 17.2. The molecule has 1 aromatic carbocycles. The smallest absolute Gasteiger partial charge is 0.353 e. The second kappa shape index (κ2) is 9.58. The molecule has 1 aliphatic carbocycles. The SMILES string of the molecule is Cc1ccc(-c2nc(COC3CCCC(C[S+]([O-])CC(=O)O)C3)c(C)o2)cc1. The molecule has 1 saturated carbocycles. The number of aliphatic carboxylic acids is 1. The molecule has 1 aromatic heterocycles. The summed E-state index contributed by atoms with van der Waals surface area (Å²) in [5.41, 5.74) is 2.93. The van der Waals surface area contributed by atoms with Gasteiger partial charge in [0.1, 0.15) is 17.2 Å². The maximum absolute atomic E-state index is 11.9. The third kappa shape index (κ3) is 5.83. The van der Waals surface area contributed by atoms with Crippen molar-refractivity contribution in [2.75, 3.05) is 11.5 Å². The maximum Gasteiger partial charge on any atom is 0.353 e. The van der Waals surface area contributed by atoms with Crippen molar-refractivity contribution in [3.8, 4) is 11.5 Å². The van der Waals surface area contributed by atoms with Crippen LogP contribution in [0.3, 0.4) is 0 Å². The van der Waals surface area contributed by atoms with Crippen LogP contribution in [0.4, 0.5) is 0 Å². The van der Waals surface area contributed by atoms with Crippen LogP contribution in [-0.4, -0.2) is 38.2 Å². The van der Waals surface area contributed by atoms with Gasteiger partial charge in [-0.2, -0.15) is 0 Å². The summed E-state index contributed by atoms with van der Waals surface area (Å²) >= 11 is -1.31. The molecular weight excluding hydrogens is 378 g/mol. The fraction of sp³-hybridized carbons (Fsp3) is 0.524. The number of ether oxygens (including phenoxy) is 1. The molecule has 0 spiro atoms. The molecule has 0 bridgehead atoms. The van der Waals surface area contributed by atoms with Crippen molar-refractivity contribution in [1.29, 1.82) is 0 Å². The Morgan fingerprint density at radius 2 is 2.07 bits per heavy atom. The highest BCUT2D eigenvalue weighted by Gasteiger charge is 2.27. The van der Waals surface area contributed by atoms with Gasteiger partial charge in [-0.3, -0.25) is 0 Å². The zero-order chi connectivity index (χ0) is 20.1. The Hall–Kier alpha value is -1.83. The van der Waals surface area contributed by atoms with Crippen LogP contribution in [0.15, 0.2) is 28.7 Å². The first-order valence-electron chi connectivity index (χ1n) is 9.62. The second-order valence-electron chi connectivity index (χ2n) is 7.50. The van der Waals surface area contributed by atoms with Gasteiger partial charge in [0.2, 0.25) is 11.6 Å². The van der Waals surface area contributed by atoms with Crippen LogP contribution in [0.25, 0.3) is 11.5 Å². The Labute approximate surface area is 168 Å². The van der Waals surface area contributed by atoms with Crippen LogP contribution >= 0.6 is 0 Å². The lowest BCUT2D eigenvalue weighted by Gasteiger charge is -2.29. The fourth-order valence-corrected chi connectivity index (χ4v) is 4.80. The topological polar surface area (TPSA) is 95.6 Å². The Kier molecular flexibility index (Phi) is 7.15. The van der Waals surface area contributed by atoms with Gasteiger partial charge < -0.3 is 18.8 Å². The van der Waals surface area contributed by atoms with Crippen molar-refractivity contribution in [2.24, 2.45) is 5.92 Å². The molecule has 0 radical (unpaired) electrons.